The second kappa shape index (κ2) is 5.81. The van der Waals surface area contributed by atoms with Gasteiger partial charge in [-0.05, 0) is 24.5 Å². The number of H-pyrrole nitrogens is 2. The number of aromatic nitrogens is 3. The van der Waals surface area contributed by atoms with Crippen LogP contribution in [0.5, 0.6) is 0 Å². The number of imidazole rings is 1. The lowest BCUT2D eigenvalue weighted by molar-refractivity contribution is -0.0126. The van der Waals surface area contributed by atoms with Crippen molar-refractivity contribution in [3.05, 3.63) is 28.3 Å². The Kier molecular flexibility index (Phi) is 3.65. The van der Waals surface area contributed by atoms with E-state index < -0.39 is 0 Å². The van der Waals surface area contributed by atoms with Crippen LogP contribution >= 0.6 is 0 Å². The third kappa shape index (κ3) is 2.76. The number of hydrogen-bond acceptors (Lipinski definition) is 4. The predicted molar refractivity (Wildman–Crippen MR) is 84.3 cm³/mol. The van der Waals surface area contributed by atoms with E-state index in [4.69, 9.17) is 4.74 Å². The summed E-state index contributed by atoms with van der Waals surface area (Å²) in [5.74, 6) is 0.634. The minimum atomic E-state index is -0.314. The zero-order chi connectivity index (χ0) is 15.8. The molecule has 1 amide bonds. The van der Waals surface area contributed by atoms with Gasteiger partial charge in [0.25, 0.3) is 5.91 Å². The Bertz CT molecular complexity index is 777. The van der Waals surface area contributed by atoms with E-state index in [1.54, 1.807) is 12.1 Å². The molecule has 1 aliphatic carbocycles. The Labute approximate surface area is 133 Å². The van der Waals surface area contributed by atoms with Gasteiger partial charge in [0.05, 0.1) is 24.8 Å². The van der Waals surface area contributed by atoms with Crippen LogP contribution in [0.3, 0.4) is 0 Å². The fraction of sp³-hybridized carbons (Fsp3) is 0.562. The van der Waals surface area contributed by atoms with Crippen molar-refractivity contribution in [2.24, 2.45) is 5.92 Å². The second-order valence-corrected chi connectivity index (χ2v) is 6.43. The van der Waals surface area contributed by atoms with Crippen LogP contribution in [0.4, 0.5) is 0 Å². The highest BCUT2D eigenvalue weighted by Crippen LogP contribution is 2.32. The largest absolute Gasteiger partial charge is 0.377 e. The Morgan fingerprint density at radius 2 is 2.22 bits per heavy atom. The number of rotatable bonds is 3. The maximum Gasteiger partial charge on any atom is 0.325 e. The molecule has 2 fully saturated rings. The third-order valence-electron chi connectivity index (χ3n) is 4.91. The molecule has 0 radical (unpaired) electrons. The lowest BCUT2D eigenvalue weighted by atomic mass is 9.80. The molecule has 1 atom stereocenters. The summed E-state index contributed by atoms with van der Waals surface area (Å²) >= 11 is 0. The Hall–Kier alpha value is -2.15. The smallest absolute Gasteiger partial charge is 0.325 e. The number of morpholine rings is 1. The molecule has 0 spiro atoms. The van der Waals surface area contributed by atoms with Gasteiger partial charge in [-0.3, -0.25) is 9.78 Å². The van der Waals surface area contributed by atoms with Crippen molar-refractivity contribution in [2.45, 2.75) is 31.7 Å². The van der Waals surface area contributed by atoms with E-state index in [9.17, 15) is 9.59 Å². The average molecular weight is 316 g/mol. The summed E-state index contributed by atoms with van der Waals surface area (Å²) in [7, 11) is 0. The molecule has 23 heavy (non-hydrogen) atoms. The van der Waals surface area contributed by atoms with E-state index in [0.29, 0.717) is 42.5 Å². The molecule has 2 aromatic rings. The molecule has 7 nitrogen and oxygen atoms in total. The van der Waals surface area contributed by atoms with E-state index in [0.717, 1.165) is 6.42 Å². The van der Waals surface area contributed by atoms with Crippen LogP contribution < -0.4 is 5.69 Å². The summed E-state index contributed by atoms with van der Waals surface area (Å²) in [4.78, 5) is 35.6. The lowest BCUT2D eigenvalue weighted by Crippen LogP contribution is -2.50. The molecule has 1 unspecified atom stereocenters. The first-order valence-electron chi connectivity index (χ1n) is 8.18. The van der Waals surface area contributed by atoms with Gasteiger partial charge in [0, 0.05) is 6.54 Å². The molecule has 2 aromatic heterocycles. The molecular formula is C16H20N4O3. The van der Waals surface area contributed by atoms with Crippen LogP contribution in [0.1, 0.15) is 36.2 Å². The van der Waals surface area contributed by atoms with Gasteiger partial charge in [0.2, 0.25) is 0 Å². The van der Waals surface area contributed by atoms with Gasteiger partial charge in [0.1, 0.15) is 5.69 Å². The van der Waals surface area contributed by atoms with Crippen molar-refractivity contribution in [3.8, 4) is 0 Å². The molecular weight excluding hydrogens is 296 g/mol. The molecule has 0 aromatic carbocycles. The number of nitrogens with one attached hydrogen (secondary N) is 2. The maximum absolute atomic E-state index is 12.9. The molecule has 1 saturated heterocycles. The Balaban J connectivity index is 1.57. The molecule has 2 N–H and O–H groups in total. The molecule has 2 aliphatic rings. The highest BCUT2D eigenvalue weighted by Gasteiger charge is 2.32. The van der Waals surface area contributed by atoms with Crippen molar-refractivity contribution >= 4 is 17.1 Å². The Morgan fingerprint density at radius 3 is 3.00 bits per heavy atom. The zero-order valence-electron chi connectivity index (χ0n) is 12.9. The van der Waals surface area contributed by atoms with Crippen molar-refractivity contribution in [2.75, 3.05) is 19.8 Å². The first-order valence-corrected chi connectivity index (χ1v) is 8.18. The summed E-state index contributed by atoms with van der Waals surface area (Å²) in [5.41, 5.74) is 1.09. The highest BCUT2D eigenvalue weighted by atomic mass is 16.5. The van der Waals surface area contributed by atoms with Gasteiger partial charge >= 0.3 is 5.69 Å². The first kappa shape index (κ1) is 14.4. The van der Waals surface area contributed by atoms with E-state index in [-0.39, 0.29) is 17.6 Å². The van der Waals surface area contributed by atoms with Crippen molar-refractivity contribution in [3.63, 3.8) is 0 Å². The quantitative estimate of drug-likeness (QED) is 0.892. The van der Waals surface area contributed by atoms with Crippen LogP contribution in [0.2, 0.25) is 0 Å². The molecule has 1 aliphatic heterocycles. The summed E-state index contributed by atoms with van der Waals surface area (Å²) in [6.45, 7) is 1.77. The number of carbonyl (C=O) groups excluding carboxylic acids is 1. The first-order chi connectivity index (χ1) is 11.2. The SMILES string of the molecule is O=C(c1ccc2[nH]c(=O)[nH]c2n1)N1CCOCC1CC1CCC1. The van der Waals surface area contributed by atoms with Crippen molar-refractivity contribution in [1.82, 2.24) is 19.9 Å². The molecule has 4 rings (SSSR count). The highest BCUT2D eigenvalue weighted by molar-refractivity contribution is 5.94. The number of fused-ring (bicyclic) bond motifs is 1. The number of hydrogen-bond donors (Lipinski definition) is 2. The van der Waals surface area contributed by atoms with Gasteiger partial charge in [-0.25, -0.2) is 9.78 Å². The minimum absolute atomic E-state index is 0.0819. The van der Waals surface area contributed by atoms with Crippen molar-refractivity contribution < 1.29 is 9.53 Å². The number of pyridine rings is 1. The molecule has 3 heterocycles. The molecule has 0 bridgehead atoms. The summed E-state index contributed by atoms with van der Waals surface area (Å²) in [6.07, 6.45) is 4.82. The normalized spacial score (nSPS) is 22.3. The number of nitrogens with zero attached hydrogens (tertiary/aromatic N) is 2. The molecule has 1 saturated carbocycles. The van der Waals surface area contributed by atoms with Crippen LogP contribution in [-0.4, -0.2) is 51.6 Å². The van der Waals surface area contributed by atoms with Crippen LogP contribution in [0, 0.1) is 5.92 Å². The monoisotopic (exact) mass is 316 g/mol. The summed E-state index contributed by atoms with van der Waals surface area (Å²) in [5, 5.41) is 0. The van der Waals surface area contributed by atoms with Crippen LogP contribution in [-0.2, 0) is 4.74 Å². The topological polar surface area (TPSA) is 91.1 Å². The standard InChI is InChI=1S/C16H20N4O3/c21-15(13-5-4-12-14(17-13)19-16(22)18-12)20-6-7-23-9-11(20)8-10-2-1-3-10/h4-5,10-11H,1-3,6-9H2,(H2,17,18,19,22). The lowest BCUT2D eigenvalue weighted by Gasteiger charge is -2.39. The number of carbonyl (C=O) groups is 1. The number of aromatic amines is 2. The van der Waals surface area contributed by atoms with Gasteiger partial charge < -0.3 is 14.6 Å². The minimum Gasteiger partial charge on any atom is -0.377 e. The van der Waals surface area contributed by atoms with Gasteiger partial charge in [-0.15, -0.1) is 0 Å². The third-order valence-corrected chi connectivity index (χ3v) is 4.91. The van der Waals surface area contributed by atoms with E-state index >= 15 is 0 Å². The number of amides is 1. The number of ether oxygens (including phenoxy) is 1. The van der Waals surface area contributed by atoms with E-state index in [2.05, 4.69) is 15.0 Å². The Morgan fingerprint density at radius 1 is 1.35 bits per heavy atom. The second-order valence-electron chi connectivity index (χ2n) is 6.43. The zero-order valence-corrected chi connectivity index (χ0v) is 12.9. The average Bonchev–Trinajstić information content (AvgIpc) is 2.89. The fourth-order valence-electron chi connectivity index (χ4n) is 3.41. The van der Waals surface area contributed by atoms with Gasteiger partial charge in [0.15, 0.2) is 5.65 Å². The van der Waals surface area contributed by atoms with Crippen LogP contribution in [0.15, 0.2) is 16.9 Å². The fourth-order valence-corrected chi connectivity index (χ4v) is 3.41. The maximum atomic E-state index is 12.9. The van der Waals surface area contributed by atoms with E-state index in [1.165, 1.54) is 19.3 Å². The van der Waals surface area contributed by atoms with Gasteiger partial charge in [-0.2, -0.15) is 0 Å². The predicted octanol–water partition coefficient (Wildman–Crippen LogP) is 1.28. The summed E-state index contributed by atoms with van der Waals surface area (Å²) in [6, 6.07) is 3.52. The summed E-state index contributed by atoms with van der Waals surface area (Å²) < 4.78 is 5.57. The van der Waals surface area contributed by atoms with Gasteiger partial charge in [-0.1, -0.05) is 19.3 Å². The van der Waals surface area contributed by atoms with E-state index in [1.807, 2.05) is 4.90 Å². The molecule has 122 valence electrons. The molecule has 7 heteroatoms. The van der Waals surface area contributed by atoms with Crippen molar-refractivity contribution in [1.29, 1.82) is 0 Å². The van der Waals surface area contributed by atoms with Crippen LogP contribution in [0.25, 0.3) is 11.2 Å².